The van der Waals surface area contributed by atoms with Gasteiger partial charge >= 0.3 is 23.9 Å². The van der Waals surface area contributed by atoms with Crippen LogP contribution in [-0.4, -0.2) is 116 Å². The molecular formula is C29H40O16S4-4. The first-order chi connectivity index (χ1) is 22.5. The average molecular weight is 773 g/mol. The van der Waals surface area contributed by atoms with Crippen molar-refractivity contribution in [2.24, 2.45) is 5.41 Å². The maximum absolute atomic E-state index is 12.9. The molecule has 0 saturated carbocycles. The second-order valence-electron chi connectivity index (χ2n) is 10.9. The van der Waals surface area contributed by atoms with E-state index in [1.165, 1.54) is 55.4 Å². The fraction of sp³-hybridized carbons (Fsp3) is 0.724. The zero-order valence-electron chi connectivity index (χ0n) is 28.1. The van der Waals surface area contributed by atoms with Gasteiger partial charge in [0.1, 0.15) is 52.8 Å². The Kier molecular flexibility index (Phi) is 20.8. The van der Waals surface area contributed by atoms with E-state index in [0.717, 1.165) is 0 Å². The average Bonchev–Trinajstić information content (AvgIpc) is 3.02. The van der Waals surface area contributed by atoms with Gasteiger partial charge in [-0.25, -0.2) is 0 Å². The monoisotopic (exact) mass is 772 g/mol. The van der Waals surface area contributed by atoms with E-state index >= 15 is 0 Å². The first-order valence-corrected chi connectivity index (χ1v) is 18.4. The summed E-state index contributed by atoms with van der Waals surface area (Å²) in [6, 6.07) is 0. The highest BCUT2D eigenvalue weighted by Crippen LogP contribution is 2.28. The Bertz CT molecular complexity index is 1020. The van der Waals surface area contributed by atoms with E-state index < -0.39 is 122 Å². The molecule has 0 aliphatic heterocycles. The Morgan fingerprint density at radius 3 is 0.694 bits per heavy atom. The van der Waals surface area contributed by atoms with Crippen LogP contribution in [0.15, 0.2) is 0 Å². The molecule has 49 heavy (non-hydrogen) atoms. The highest BCUT2D eigenvalue weighted by Gasteiger charge is 2.40. The lowest BCUT2D eigenvalue weighted by atomic mass is 9.92. The van der Waals surface area contributed by atoms with Crippen molar-refractivity contribution in [2.75, 3.05) is 26.4 Å². The summed E-state index contributed by atoms with van der Waals surface area (Å²) in [4.78, 5) is 96.1. The second-order valence-corrected chi connectivity index (χ2v) is 17.6. The highest BCUT2D eigenvalue weighted by atomic mass is 32.2. The number of rotatable bonds is 24. The van der Waals surface area contributed by atoms with Gasteiger partial charge in [-0.15, -0.1) is 47.0 Å². The van der Waals surface area contributed by atoms with Gasteiger partial charge in [-0.3, -0.25) is 19.2 Å². The lowest BCUT2D eigenvalue weighted by Gasteiger charge is -2.33. The van der Waals surface area contributed by atoms with Gasteiger partial charge in [0.25, 0.3) is 0 Å². The Hall–Kier alpha value is -2.84. The van der Waals surface area contributed by atoms with Crippen LogP contribution in [0.1, 0.15) is 55.4 Å². The number of carbonyl (C=O) groups excluding carboxylic acids is 8. The van der Waals surface area contributed by atoms with E-state index in [2.05, 4.69) is 0 Å². The third-order valence-corrected chi connectivity index (χ3v) is 11.2. The molecule has 0 N–H and O–H groups in total. The molecule has 0 aliphatic rings. The van der Waals surface area contributed by atoms with Crippen LogP contribution in [0.4, 0.5) is 0 Å². The number of carboxylic acids is 4. The maximum Gasteiger partial charge on any atom is 0.318 e. The predicted molar refractivity (Wildman–Crippen MR) is 172 cm³/mol. The number of carboxylic acid groups (broad SMARTS) is 4. The fourth-order valence-corrected chi connectivity index (χ4v) is 6.90. The van der Waals surface area contributed by atoms with Crippen molar-refractivity contribution in [1.82, 2.24) is 0 Å². The third kappa shape index (κ3) is 17.6. The Labute approximate surface area is 300 Å². The number of esters is 4. The summed E-state index contributed by atoms with van der Waals surface area (Å²) in [6.07, 6.45) is 0. The SMILES string of the molecule is CC(SC(C)C(=O)OCC(COC(=O)C(C)SC(C)C(=O)[O-])(COC(=O)C(C)SC(C)C(=O)[O-])COC(=O)C(C)SC(C)C(=O)[O-])C(=O)[O-]. The molecule has 0 aliphatic carbocycles. The predicted octanol–water partition coefficient (Wildman–Crippen LogP) is -2.81. The largest absolute Gasteiger partial charge is 0.549 e. The van der Waals surface area contributed by atoms with E-state index in [0.29, 0.717) is 47.0 Å². The van der Waals surface area contributed by atoms with Crippen LogP contribution in [0.3, 0.4) is 0 Å². The van der Waals surface area contributed by atoms with E-state index in [9.17, 15) is 58.8 Å². The van der Waals surface area contributed by atoms with Gasteiger partial charge in [0.05, 0.1) is 23.9 Å². The number of hydrogen-bond acceptors (Lipinski definition) is 20. The van der Waals surface area contributed by atoms with E-state index in [1.54, 1.807) is 0 Å². The highest BCUT2D eigenvalue weighted by molar-refractivity contribution is 8.02. The molecule has 20 heteroatoms. The first-order valence-electron chi connectivity index (χ1n) is 14.6. The lowest BCUT2D eigenvalue weighted by molar-refractivity contribution is -0.305. The normalized spacial score (nSPS) is 17.3. The summed E-state index contributed by atoms with van der Waals surface area (Å²) in [5.41, 5.74) is -1.83. The fourth-order valence-electron chi connectivity index (χ4n) is 3.29. The molecule has 0 aromatic heterocycles. The van der Waals surface area contributed by atoms with Crippen molar-refractivity contribution in [3.05, 3.63) is 0 Å². The van der Waals surface area contributed by atoms with Gasteiger partial charge in [-0.05, 0) is 55.4 Å². The Morgan fingerprint density at radius 1 is 0.388 bits per heavy atom. The van der Waals surface area contributed by atoms with Crippen molar-refractivity contribution >= 4 is 94.8 Å². The van der Waals surface area contributed by atoms with Gasteiger partial charge in [-0.1, -0.05) is 0 Å². The number of thioether (sulfide) groups is 4. The molecule has 0 saturated heterocycles. The van der Waals surface area contributed by atoms with Crippen molar-refractivity contribution in [3.63, 3.8) is 0 Å². The molecule has 0 fully saturated rings. The minimum Gasteiger partial charge on any atom is -0.549 e. The minimum absolute atomic E-state index is 0.697. The van der Waals surface area contributed by atoms with Crippen LogP contribution < -0.4 is 20.4 Å². The zero-order chi connectivity index (χ0) is 38.2. The number of hydrogen-bond donors (Lipinski definition) is 0. The van der Waals surface area contributed by atoms with Crippen LogP contribution in [0.25, 0.3) is 0 Å². The third-order valence-electron chi connectivity index (χ3n) is 6.37. The van der Waals surface area contributed by atoms with E-state index in [4.69, 9.17) is 18.9 Å². The summed E-state index contributed by atoms with van der Waals surface area (Å²) in [6.45, 7) is 7.57. The van der Waals surface area contributed by atoms with Crippen LogP contribution in [0, 0.1) is 5.41 Å². The summed E-state index contributed by atoms with van der Waals surface area (Å²) in [7, 11) is 0. The van der Waals surface area contributed by atoms with Crippen LogP contribution in [-0.2, 0) is 57.3 Å². The number of ether oxygens (including phenoxy) is 4. The van der Waals surface area contributed by atoms with Crippen molar-refractivity contribution in [3.8, 4) is 0 Å². The molecule has 0 spiro atoms. The minimum atomic E-state index is -1.83. The summed E-state index contributed by atoms with van der Waals surface area (Å²) in [5.74, 6) is -9.55. The molecule has 0 aromatic carbocycles. The quantitative estimate of drug-likeness (QED) is 0.0707. The van der Waals surface area contributed by atoms with Crippen LogP contribution in [0.2, 0.25) is 0 Å². The molecule has 16 nitrogen and oxygen atoms in total. The lowest BCUT2D eigenvalue weighted by Crippen LogP contribution is -2.46. The number of carbonyl (C=O) groups is 8. The molecule has 8 atom stereocenters. The van der Waals surface area contributed by atoms with Gasteiger partial charge in [0, 0.05) is 21.0 Å². The topological polar surface area (TPSA) is 266 Å². The van der Waals surface area contributed by atoms with Crippen LogP contribution >= 0.6 is 47.0 Å². The molecule has 0 aromatic rings. The van der Waals surface area contributed by atoms with Gasteiger partial charge in [0.15, 0.2) is 0 Å². The first kappa shape index (κ1) is 46.2. The maximum atomic E-state index is 12.9. The molecule has 0 radical (unpaired) electrons. The van der Waals surface area contributed by atoms with E-state index in [-0.39, 0.29) is 0 Å². The Morgan fingerprint density at radius 2 is 0.551 bits per heavy atom. The van der Waals surface area contributed by atoms with Crippen molar-refractivity contribution in [1.29, 1.82) is 0 Å². The van der Waals surface area contributed by atoms with Gasteiger partial charge < -0.3 is 58.6 Å². The molecule has 8 unspecified atom stereocenters. The van der Waals surface area contributed by atoms with E-state index in [1.807, 2.05) is 0 Å². The zero-order valence-corrected chi connectivity index (χ0v) is 31.4. The molecule has 0 rings (SSSR count). The molecule has 0 amide bonds. The molecular weight excluding hydrogens is 733 g/mol. The number of aliphatic carboxylic acids is 4. The standard InChI is InChI=1S/C29H44O16S4/c1-13(21(30)31)46-17(5)25(38)42-9-29(10-43-26(39)18(6)47-14(2)22(32)33,11-44-27(40)19(7)48-15(3)23(34)35)12-45-28(41)20(8)49-16(4)24(36)37/h13-20H,9-12H2,1-8H3,(H,30,31)(H,32,33)(H,34,35)(H,36,37)/p-4. The smallest absolute Gasteiger partial charge is 0.318 e. The molecule has 280 valence electrons. The van der Waals surface area contributed by atoms with Crippen molar-refractivity contribution < 1.29 is 77.7 Å². The van der Waals surface area contributed by atoms with Gasteiger partial charge in [0.2, 0.25) is 0 Å². The Balaban J connectivity index is 6.43. The summed E-state index contributed by atoms with van der Waals surface area (Å²) in [5, 5.41) is 35.9. The van der Waals surface area contributed by atoms with Gasteiger partial charge in [-0.2, -0.15) is 0 Å². The molecule has 0 heterocycles. The van der Waals surface area contributed by atoms with Crippen LogP contribution in [0.5, 0.6) is 0 Å². The summed E-state index contributed by atoms with van der Waals surface area (Å²) < 4.78 is 21.6. The summed E-state index contributed by atoms with van der Waals surface area (Å²) >= 11 is 2.79. The molecule has 0 bridgehead atoms. The second kappa shape index (κ2) is 22.1. The van der Waals surface area contributed by atoms with Crippen molar-refractivity contribution in [2.45, 2.75) is 97.4 Å².